The van der Waals surface area contributed by atoms with Crippen LogP contribution >= 0.6 is 0 Å². The van der Waals surface area contributed by atoms with Gasteiger partial charge in [0.15, 0.2) is 0 Å². The summed E-state index contributed by atoms with van der Waals surface area (Å²) in [5.74, 6) is -0.733. The predicted molar refractivity (Wildman–Crippen MR) is 63.4 cm³/mol. The smallest absolute Gasteiger partial charge is 0.328 e. The molecule has 0 radical (unpaired) electrons. The topological polar surface area (TPSA) is 57.5 Å². The van der Waals surface area contributed by atoms with E-state index in [-0.39, 0.29) is 5.75 Å². The van der Waals surface area contributed by atoms with Crippen LogP contribution < -0.4 is 0 Å². The number of benzene rings is 1. The van der Waals surface area contributed by atoms with E-state index in [0.717, 1.165) is 29.5 Å². The van der Waals surface area contributed by atoms with Crippen LogP contribution in [-0.4, -0.2) is 16.2 Å². The molecule has 0 atom stereocenters. The van der Waals surface area contributed by atoms with E-state index in [9.17, 15) is 9.90 Å². The molecule has 0 aromatic heterocycles. The second-order valence-electron chi connectivity index (χ2n) is 3.76. The number of carboxylic acid groups (broad SMARTS) is 1. The molecule has 0 aliphatic rings. The van der Waals surface area contributed by atoms with Gasteiger partial charge in [0.2, 0.25) is 0 Å². The van der Waals surface area contributed by atoms with Crippen molar-refractivity contribution >= 4 is 11.5 Å². The minimum Gasteiger partial charge on any atom is -0.508 e. The first kappa shape index (κ1) is 12.3. The maximum atomic E-state index is 10.7. The monoisotopic (exact) mass is 220 g/mol. The molecule has 1 aromatic rings. The van der Waals surface area contributed by atoms with Gasteiger partial charge in [-0.2, -0.15) is 0 Å². The van der Waals surface area contributed by atoms with Crippen molar-refractivity contribution in [2.45, 2.75) is 26.7 Å². The molecule has 2 N–H and O–H groups in total. The summed E-state index contributed by atoms with van der Waals surface area (Å²) in [6, 6.07) is 4.98. The maximum Gasteiger partial charge on any atom is 0.328 e. The molecule has 86 valence electrons. The highest BCUT2D eigenvalue weighted by Crippen LogP contribution is 2.25. The molecule has 16 heavy (non-hydrogen) atoms. The van der Waals surface area contributed by atoms with Crippen molar-refractivity contribution in [3.8, 4) is 5.75 Å². The van der Waals surface area contributed by atoms with Crippen molar-refractivity contribution in [3.05, 3.63) is 35.4 Å². The second kappa shape index (κ2) is 5.35. The lowest BCUT2D eigenvalue weighted by atomic mass is 9.96. The number of phenolic OH excluding ortho intramolecular Hbond substituents is 1. The fourth-order valence-electron chi connectivity index (χ4n) is 1.71. The minimum atomic E-state index is -0.934. The summed E-state index contributed by atoms with van der Waals surface area (Å²) in [6.45, 7) is 3.87. The third kappa shape index (κ3) is 3.12. The molecule has 0 amide bonds. The number of allylic oxidation sites excluding steroid dienone is 1. The maximum absolute atomic E-state index is 10.7. The van der Waals surface area contributed by atoms with E-state index in [4.69, 9.17) is 5.11 Å². The van der Waals surface area contributed by atoms with Gasteiger partial charge in [0.1, 0.15) is 5.75 Å². The molecule has 1 aromatic carbocycles. The van der Waals surface area contributed by atoms with Crippen molar-refractivity contribution in [1.29, 1.82) is 0 Å². The standard InChI is InChI=1S/C13H16O3/c1-3-4-10(8-13(15)16)12-6-5-11(14)7-9(12)2/h5-8,14H,3-4H2,1-2H3,(H,15,16)/b10-8+. The molecule has 0 saturated heterocycles. The highest BCUT2D eigenvalue weighted by Gasteiger charge is 2.07. The van der Waals surface area contributed by atoms with Gasteiger partial charge in [-0.1, -0.05) is 19.4 Å². The van der Waals surface area contributed by atoms with Gasteiger partial charge < -0.3 is 10.2 Å². The number of carboxylic acids is 1. The Balaban J connectivity index is 3.16. The third-order valence-electron chi connectivity index (χ3n) is 2.37. The summed E-state index contributed by atoms with van der Waals surface area (Å²) in [7, 11) is 0. The van der Waals surface area contributed by atoms with Crippen LogP contribution in [0.5, 0.6) is 5.75 Å². The summed E-state index contributed by atoms with van der Waals surface area (Å²) >= 11 is 0. The Labute approximate surface area is 95.0 Å². The summed E-state index contributed by atoms with van der Waals surface area (Å²) in [4.78, 5) is 10.7. The predicted octanol–water partition coefficient (Wildman–Crippen LogP) is 2.97. The van der Waals surface area contributed by atoms with E-state index in [2.05, 4.69) is 0 Å². The summed E-state index contributed by atoms with van der Waals surface area (Å²) in [6.07, 6.45) is 2.85. The van der Waals surface area contributed by atoms with Gasteiger partial charge in [0, 0.05) is 6.08 Å². The fourth-order valence-corrected chi connectivity index (χ4v) is 1.71. The zero-order valence-electron chi connectivity index (χ0n) is 9.53. The molecule has 0 aliphatic heterocycles. The molecule has 0 heterocycles. The average Bonchev–Trinajstić information content (AvgIpc) is 2.16. The van der Waals surface area contributed by atoms with Crippen LogP contribution in [0.15, 0.2) is 24.3 Å². The Kier molecular flexibility index (Phi) is 4.11. The first-order chi connectivity index (χ1) is 7.54. The summed E-state index contributed by atoms with van der Waals surface area (Å²) < 4.78 is 0. The van der Waals surface area contributed by atoms with E-state index in [1.807, 2.05) is 13.8 Å². The zero-order chi connectivity index (χ0) is 12.1. The van der Waals surface area contributed by atoms with E-state index in [1.54, 1.807) is 18.2 Å². The van der Waals surface area contributed by atoms with Gasteiger partial charge in [-0.05, 0) is 42.2 Å². The highest BCUT2D eigenvalue weighted by molar-refractivity contribution is 5.90. The number of carbonyl (C=O) groups is 1. The molecule has 0 fully saturated rings. The lowest BCUT2D eigenvalue weighted by Gasteiger charge is -2.09. The number of rotatable bonds is 4. The van der Waals surface area contributed by atoms with Gasteiger partial charge in [0.05, 0.1) is 0 Å². The quantitative estimate of drug-likeness (QED) is 0.767. The number of hydrogen-bond acceptors (Lipinski definition) is 2. The molecule has 3 heteroatoms. The van der Waals surface area contributed by atoms with Crippen LogP contribution in [0.2, 0.25) is 0 Å². The highest BCUT2D eigenvalue weighted by atomic mass is 16.4. The van der Waals surface area contributed by atoms with E-state index >= 15 is 0 Å². The average molecular weight is 220 g/mol. The minimum absolute atomic E-state index is 0.201. The molecular weight excluding hydrogens is 204 g/mol. The first-order valence-corrected chi connectivity index (χ1v) is 5.28. The molecule has 3 nitrogen and oxygen atoms in total. The Morgan fingerprint density at radius 1 is 1.44 bits per heavy atom. The molecule has 0 unspecified atom stereocenters. The van der Waals surface area contributed by atoms with Crippen LogP contribution in [0.1, 0.15) is 30.9 Å². The normalized spacial score (nSPS) is 11.5. The van der Waals surface area contributed by atoms with Gasteiger partial charge in [-0.25, -0.2) is 4.79 Å². The Morgan fingerprint density at radius 3 is 2.62 bits per heavy atom. The van der Waals surface area contributed by atoms with Gasteiger partial charge in [-0.15, -0.1) is 0 Å². The van der Waals surface area contributed by atoms with Crippen molar-refractivity contribution in [2.75, 3.05) is 0 Å². The van der Waals surface area contributed by atoms with Gasteiger partial charge in [-0.3, -0.25) is 0 Å². The largest absolute Gasteiger partial charge is 0.508 e. The van der Waals surface area contributed by atoms with Crippen LogP contribution in [-0.2, 0) is 4.79 Å². The van der Waals surface area contributed by atoms with E-state index in [0.29, 0.717) is 0 Å². The Morgan fingerprint density at radius 2 is 2.12 bits per heavy atom. The molecule has 0 aliphatic carbocycles. The third-order valence-corrected chi connectivity index (χ3v) is 2.37. The van der Waals surface area contributed by atoms with Gasteiger partial charge in [0.25, 0.3) is 0 Å². The number of phenols is 1. The first-order valence-electron chi connectivity index (χ1n) is 5.28. The van der Waals surface area contributed by atoms with E-state index in [1.165, 1.54) is 6.08 Å². The molecule has 0 saturated carbocycles. The number of hydrogen-bond donors (Lipinski definition) is 2. The number of aromatic hydroxyl groups is 1. The summed E-state index contributed by atoms with van der Waals surface area (Å²) in [5.41, 5.74) is 2.58. The lowest BCUT2D eigenvalue weighted by molar-refractivity contribution is -0.131. The number of aliphatic carboxylic acids is 1. The molecule has 0 bridgehead atoms. The van der Waals surface area contributed by atoms with Crippen molar-refractivity contribution in [3.63, 3.8) is 0 Å². The fraction of sp³-hybridized carbons (Fsp3) is 0.308. The lowest BCUT2D eigenvalue weighted by Crippen LogP contribution is -1.95. The Hall–Kier alpha value is -1.77. The van der Waals surface area contributed by atoms with Crippen LogP contribution in [0.4, 0.5) is 0 Å². The van der Waals surface area contributed by atoms with Crippen molar-refractivity contribution in [1.82, 2.24) is 0 Å². The van der Waals surface area contributed by atoms with Crippen LogP contribution in [0, 0.1) is 6.92 Å². The second-order valence-corrected chi connectivity index (χ2v) is 3.76. The SMILES string of the molecule is CCC/C(=C\C(=O)O)c1ccc(O)cc1C. The van der Waals surface area contributed by atoms with Crippen LogP contribution in [0.3, 0.4) is 0 Å². The van der Waals surface area contributed by atoms with Gasteiger partial charge >= 0.3 is 5.97 Å². The molecular formula is C13H16O3. The Bertz CT molecular complexity index is 419. The number of aryl methyl sites for hydroxylation is 1. The molecule has 0 spiro atoms. The van der Waals surface area contributed by atoms with Crippen molar-refractivity contribution in [2.24, 2.45) is 0 Å². The summed E-state index contributed by atoms with van der Waals surface area (Å²) in [5, 5.41) is 18.1. The van der Waals surface area contributed by atoms with E-state index < -0.39 is 5.97 Å². The zero-order valence-corrected chi connectivity index (χ0v) is 9.53. The molecule has 1 rings (SSSR count). The van der Waals surface area contributed by atoms with Crippen LogP contribution in [0.25, 0.3) is 5.57 Å². The van der Waals surface area contributed by atoms with Crippen molar-refractivity contribution < 1.29 is 15.0 Å².